The maximum Gasteiger partial charge on any atom is 0.329 e. The SMILES string of the molecule is CCC(C)(NC(=O)Cc1c(C)nc2cc[nH]n2c1=O)C(=O)O. The summed E-state index contributed by atoms with van der Waals surface area (Å²) in [4.78, 5) is 39.9. The lowest BCUT2D eigenvalue weighted by atomic mass is 9.98. The maximum absolute atomic E-state index is 12.3. The van der Waals surface area contributed by atoms with Crippen LogP contribution in [0.4, 0.5) is 0 Å². The van der Waals surface area contributed by atoms with E-state index < -0.39 is 17.4 Å². The third-order valence-electron chi connectivity index (χ3n) is 3.78. The summed E-state index contributed by atoms with van der Waals surface area (Å²) in [6, 6.07) is 1.65. The van der Waals surface area contributed by atoms with Gasteiger partial charge in [0.05, 0.1) is 6.42 Å². The van der Waals surface area contributed by atoms with Gasteiger partial charge in [-0.2, -0.15) is 0 Å². The molecule has 0 aliphatic heterocycles. The maximum atomic E-state index is 12.3. The van der Waals surface area contributed by atoms with E-state index in [1.54, 1.807) is 26.1 Å². The lowest BCUT2D eigenvalue weighted by molar-refractivity contribution is -0.146. The van der Waals surface area contributed by atoms with Gasteiger partial charge in [0.1, 0.15) is 5.54 Å². The fourth-order valence-electron chi connectivity index (χ4n) is 2.12. The van der Waals surface area contributed by atoms with Gasteiger partial charge in [0.2, 0.25) is 5.91 Å². The molecule has 0 saturated carbocycles. The Labute approximate surface area is 126 Å². The standard InChI is InChI=1S/C14H18N4O4/c1-4-14(3,13(21)22)17-11(19)7-9-8(2)16-10-5-6-15-18(10)12(9)20/h5-6,15H,4,7H2,1-3H3,(H,17,19)(H,21,22). The van der Waals surface area contributed by atoms with Crippen LogP contribution in [0.25, 0.3) is 5.65 Å². The van der Waals surface area contributed by atoms with Gasteiger partial charge in [0.15, 0.2) is 5.65 Å². The van der Waals surface area contributed by atoms with Gasteiger partial charge in [0.25, 0.3) is 5.56 Å². The van der Waals surface area contributed by atoms with Crippen LogP contribution in [0.1, 0.15) is 31.5 Å². The Bertz CT molecular complexity index is 792. The van der Waals surface area contributed by atoms with Gasteiger partial charge in [-0.15, -0.1) is 0 Å². The van der Waals surface area contributed by atoms with E-state index >= 15 is 0 Å². The molecule has 0 fully saturated rings. The molecule has 0 spiro atoms. The molecule has 118 valence electrons. The fraction of sp³-hybridized carbons (Fsp3) is 0.429. The summed E-state index contributed by atoms with van der Waals surface area (Å²) < 4.78 is 1.24. The zero-order valence-corrected chi connectivity index (χ0v) is 12.6. The number of aryl methyl sites for hydroxylation is 1. The number of aromatic amines is 1. The van der Waals surface area contributed by atoms with Gasteiger partial charge in [-0.25, -0.2) is 14.3 Å². The molecule has 2 aromatic heterocycles. The minimum absolute atomic E-state index is 0.220. The van der Waals surface area contributed by atoms with Crippen molar-refractivity contribution in [3.63, 3.8) is 0 Å². The summed E-state index contributed by atoms with van der Waals surface area (Å²) in [7, 11) is 0. The smallest absolute Gasteiger partial charge is 0.329 e. The summed E-state index contributed by atoms with van der Waals surface area (Å²) in [6.07, 6.45) is 1.59. The Balaban J connectivity index is 2.29. The third kappa shape index (κ3) is 2.72. The molecule has 0 bridgehead atoms. The van der Waals surface area contributed by atoms with Crippen LogP contribution in [0.5, 0.6) is 0 Å². The van der Waals surface area contributed by atoms with Gasteiger partial charge in [-0.3, -0.25) is 14.7 Å². The Morgan fingerprint density at radius 3 is 2.77 bits per heavy atom. The van der Waals surface area contributed by atoms with Crippen LogP contribution >= 0.6 is 0 Å². The van der Waals surface area contributed by atoms with E-state index in [1.165, 1.54) is 11.4 Å². The molecule has 0 radical (unpaired) electrons. The highest BCUT2D eigenvalue weighted by molar-refractivity contribution is 5.87. The van der Waals surface area contributed by atoms with Crippen LogP contribution < -0.4 is 10.9 Å². The number of carbonyl (C=O) groups excluding carboxylic acids is 1. The summed E-state index contributed by atoms with van der Waals surface area (Å²) >= 11 is 0. The minimum atomic E-state index is -1.36. The Hall–Kier alpha value is -2.64. The lowest BCUT2D eigenvalue weighted by Gasteiger charge is -2.24. The average Bonchev–Trinajstić information content (AvgIpc) is 2.91. The highest BCUT2D eigenvalue weighted by atomic mass is 16.4. The van der Waals surface area contributed by atoms with E-state index in [1.807, 2.05) is 0 Å². The topological polar surface area (TPSA) is 117 Å². The molecule has 0 saturated heterocycles. The highest BCUT2D eigenvalue weighted by Gasteiger charge is 2.33. The third-order valence-corrected chi connectivity index (χ3v) is 3.78. The van der Waals surface area contributed by atoms with Crippen LogP contribution in [0.15, 0.2) is 17.1 Å². The number of carboxylic acid groups (broad SMARTS) is 1. The van der Waals surface area contributed by atoms with Gasteiger partial charge >= 0.3 is 5.97 Å². The molecule has 3 N–H and O–H groups in total. The minimum Gasteiger partial charge on any atom is -0.480 e. The first-order chi connectivity index (χ1) is 10.3. The second-order valence-electron chi connectivity index (χ2n) is 5.35. The van der Waals surface area contributed by atoms with Crippen molar-refractivity contribution in [2.75, 3.05) is 0 Å². The first-order valence-corrected chi connectivity index (χ1v) is 6.88. The number of aliphatic carboxylic acids is 1. The zero-order chi connectivity index (χ0) is 16.5. The van der Waals surface area contributed by atoms with Crippen LogP contribution in [0, 0.1) is 6.92 Å². The van der Waals surface area contributed by atoms with Crippen molar-refractivity contribution in [2.24, 2.45) is 0 Å². The molecule has 2 heterocycles. The van der Waals surface area contributed by atoms with Crippen LogP contribution in [-0.2, 0) is 16.0 Å². The van der Waals surface area contributed by atoms with Crippen molar-refractivity contribution < 1.29 is 14.7 Å². The van der Waals surface area contributed by atoms with E-state index in [9.17, 15) is 19.5 Å². The van der Waals surface area contributed by atoms with E-state index in [-0.39, 0.29) is 24.0 Å². The van der Waals surface area contributed by atoms with Crippen LogP contribution in [0.2, 0.25) is 0 Å². The number of rotatable bonds is 5. The Morgan fingerprint density at radius 1 is 1.50 bits per heavy atom. The van der Waals surface area contributed by atoms with E-state index in [2.05, 4.69) is 15.4 Å². The predicted molar refractivity (Wildman–Crippen MR) is 78.7 cm³/mol. The molecule has 22 heavy (non-hydrogen) atoms. The van der Waals surface area contributed by atoms with Crippen LogP contribution in [0.3, 0.4) is 0 Å². The summed E-state index contributed by atoms with van der Waals surface area (Å²) in [5.41, 5.74) is -0.563. The van der Waals surface area contributed by atoms with Crippen molar-refractivity contribution in [1.82, 2.24) is 19.9 Å². The molecule has 8 nitrogen and oxygen atoms in total. The molecule has 8 heteroatoms. The molecule has 0 aliphatic carbocycles. The van der Waals surface area contributed by atoms with Crippen molar-refractivity contribution in [2.45, 2.75) is 39.2 Å². The van der Waals surface area contributed by atoms with Gasteiger partial charge < -0.3 is 10.4 Å². The molecule has 0 aliphatic rings. The number of nitrogens with one attached hydrogen (secondary N) is 2. The summed E-state index contributed by atoms with van der Waals surface area (Å²) in [5.74, 6) is -1.64. The fourth-order valence-corrected chi connectivity index (χ4v) is 2.12. The second kappa shape index (κ2) is 5.63. The first kappa shape index (κ1) is 15.7. The van der Waals surface area contributed by atoms with Crippen LogP contribution in [-0.4, -0.2) is 37.1 Å². The average molecular weight is 306 g/mol. The van der Waals surface area contributed by atoms with Crippen molar-refractivity contribution in [1.29, 1.82) is 0 Å². The summed E-state index contributed by atoms with van der Waals surface area (Å²) in [6.45, 7) is 4.74. The number of nitrogens with zero attached hydrogens (tertiary/aromatic N) is 2. The first-order valence-electron chi connectivity index (χ1n) is 6.88. The number of hydrogen-bond donors (Lipinski definition) is 3. The number of hydrogen-bond acceptors (Lipinski definition) is 4. The zero-order valence-electron chi connectivity index (χ0n) is 12.6. The normalized spacial score (nSPS) is 13.8. The quantitative estimate of drug-likeness (QED) is 0.732. The molecule has 1 amide bonds. The van der Waals surface area contributed by atoms with Gasteiger partial charge in [0, 0.05) is 23.5 Å². The highest BCUT2D eigenvalue weighted by Crippen LogP contribution is 2.10. The van der Waals surface area contributed by atoms with E-state index in [0.29, 0.717) is 11.3 Å². The molecule has 2 aromatic rings. The second-order valence-corrected chi connectivity index (χ2v) is 5.35. The largest absolute Gasteiger partial charge is 0.480 e. The summed E-state index contributed by atoms with van der Waals surface area (Å²) in [5, 5.41) is 14.4. The number of carbonyl (C=O) groups is 2. The number of H-pyrrole nitrogens is 1. The molecule has 2 rings (SSSR count). The molecule has 1 unspecified atom stereocenters. The van der Waals surface area contributed by atoms with E-state index in [0.717, 1.165) is 0 Å². The Kier molecular flexibility index (Phi) is 4.03. The van der Waals surface area contributed by atoms with Crippen molar-refractivity contribution in [3.05, 3.63) is 33.9 Å². The predicted octanol–water partition coefficient (Wildman–Crippen LogP) is 0.243. The molecule has 1 atom stereocenters. The number of carboxylic acids is 1. The molecular formula is C14H18N4O4. The molecule has 0 aromatic carbocycles. The number of fused-ring (bicyclic) bond motifs is 1. The van der Waals surface area contributed by atoms with Crippen molar-refractivity contribution >= 4 is 17.5 Å². The number of amides is 1. The van der Waals surface area contributed by atoms with E-state index in [4.69, 9.17) is 0 Å². The Morgan fingerprint density at radius 2 is 2.18 bits per heavy atom. The molecular weight excluding hydrogens is 288 g/mol. The number of aromatic nitrogens is 3. The monoisotopic (exact) mass is 306 g/mol. The van der Waals surface area contributed by atoms with Crippen molar-refractivity contribution in [3.8, 4) is 0 Å². The lowest BCUT2D eigenvalue weighted by Crippen LogP contribution is -2.52. The van der Waals surface area contributed by atoms with Gasteiger partial charge in [-0.05, 0) is 20.3 Å². The van der Waals surface area contributed by atoms with Gasteiger partial charge in [-0.1, -0.05) is 6.92 Å².